The molecule has 0 aromatic heterocycles. The van der Waals surface area contributed by atoms with Gasteiger partial charge in [-0.25, -0.2) is 0 Å². The van der Waals surface area contributed by atoms with Crippen molar-refractivity contribution in [3.63, 3.8) is 0 Å². The van der Waals surface area contributed by atoms with Gasteiger partial charge in [0.2, 0.25) is 5.91 Å². The zero-order valence-electron chi connectivity index (χ0n) is 14.1. The average molecular weight is 302 g/mol. The van der Waals surface area contributed by atoms with Gasteiger partial charge in [0.1, 0.15) is 0 Å². The highest BCUT2D eigenvalue weighted by molar-refractivity contribution is 5.76. The molecule has 2 N–H and O–H groups in total. The molecule has 21 heavy (non-hydrogen) atoms. The molecule has 0 aliphatic rings. The normalized spacial score (nSPS) is 12.4. The van der Waals surface area contributed by atoms with Crippen molar-refractivity contribution >= 4 is 5.91 Å². The highest BCUT2D eigenvalue weighted by Gasteiger charge is 2.15. The molecule has 0 aliphatic carbocycles. The fourth-order valence-corrected chi connectivity index (χ4v) is 2.53. The summed E-state index contributed by atoms with van der Waals surface area (Å²) in [5.41, 5.74) is 5.65. The van der Waals surface area contributed by atoms with E-state index in [9.17, 15) is 4.79 Å². The maximum Gasteiger partial charge on any atom is 0.222 e. The third kappa shape index (κ3) is 10.7. The van der Waals surface area contributed by atoms with Crippen LogP contribution in [0.4, 0.5) is 0 Å². The van der Waals surface area contributed by atoms with E-state index >= 15 is 0 Å². The topological polar surface area (TPSA) is 64.8 Å². The Kier molecular flexibility index (Phi) is 13.9. The fraction of sp³-hybridized carbons (Fsp3) is 0.938. The van der Waals surface area contributed by atoms with Gasteiger partial charge in [-0.1, -0.05) is 19.8 Å². The highest BCUT2D eigenvalue weighted by atomic mass is 16.5. The Morgan fingerprint density at radius 2 is 1.81 bits per heavy atom. The van der Waals surface area contributed by atoms with E-state index in [1.807, 2.05) is 4.90 Å². The number of nitrogens with two attached hydrogens (primary N) is 1. The number of hydrogen-bond donors (Lipinski definition) is 1. The van der Waals surface area contributed by atoms with Gasteiger partial charge in [0, 0.05) is 40.3 Å². The van der Waals surface area contributed by atoms with E-state index in [4.69, 9.17) is 15.2 Å². The Bertz CT molecular complexity index is 244. The third-order valence-electron chi connectivity index (χ3n) is 3.73. The van der Waals surface area contributed by atoms with Crippen LogP contribution in [0.2, 0.25) is 0 Å². The number of rotatable bonds is 14. The van der Waals surface area contributed by atoms with E-state index in [0.29, 0.717) is 38.6 Å². The molecule has 126 valence electrons. The SMILES string of the molecule is CCCC(CCN)CCC(=O)N(CCCOC)CCOC. The molecular formula is C16H34N2O3. The minimum Gasteiger partial charge on any atom is -0.385 e. The van der Waals surface area contributed by atoms with Crippen molar-refractivity contribution in [3.8, 4) is 0 Å². The molecule has 0 saturated heterocycles. The van der Waals surface area contributed by atoms with Crippen molar-refractivity contribution in [3.05, 3.63) is 0 Å². The molecule has 5 heteroatoms. The quantitative estimate of drug-likeness (QED) is 0.499. The lowest BCUT2D eigenvalue weighted by atomic mass is 9.94. The van der Waals surface area contributed by atoms with E-state index in [0.717, 1.165) is 38.6 Å². The van der Waals surface area contributed by atoms with Gasteiger partial charge in [-0.3, -0.25) is 4.79 Å². The van der Waals surface area contributed by atoms with Crippen LogP contribution in [-0.4, -0.2) is 57.9 Å². The predicted octanol–water partition coefficient (Wildman–Crippen LogP) is 2.04. The summed E-state index contributed by atoms with van der Waals surface area (Å²) in [5, 5.41) is 0. The molecule has 0 spiro atoms. The van der Waals surface area contributed by atoms with Gasteiger partial charge in [-0.15, -0.1) is 0 Å². The lowest BCUT2D eigenvalue weighted by Gasteiger charge is -2.23. The number of methoxy groups -OCH3 is 2. The van der Waals surface area contributed by atoms with Crippen LogP contribution in [0.5, 0.6) is 0 Å². The van der Waals surface area contributed by atoms with Gasteiger partial charge in [0.05, 0.1) is 6.61 Å². The Hall–Kier alpha value is -0.650. The predicted molar refractivity (Wildman–Crippen MR) is 86.3 cm³/mol. The molecule has 0 aromatic rings. The van der Waals surface area contributed by atoms with E-state index < -0.39 is 0 Å². The fourth-order valence-electron chi connectivity index (χ4n) is 2.53. The molecule has 0 saturated carbocycles. The number of hydrogen-bond acceptors (Lipinski definition) is 4. The molecule has 1 atom stereocenters. The average Bonchev–Trinajstić information content (AvgIpc) is 2.48. The van der Waals surface area contributed by atoms with Crippen LogP contribution in [0.25, 0.3) is 0 Å². The van der Waals surface area contributed by atoms with Crippen molar-refractivity contribution in [2.75, 3.05) is 47.1 Å². The Balaban J connectivity index is 4.22. The molecule has 1 amide bonds. The Morgan fingerprint density at radius 1 is 1.10 bits per heavy atom. The number of nitrogens with zero attached hydrogens (tertiary/aromatic N) is 1. The highest BCUT2D eigenvalue weighted by Crippen LogP contribution is 2.17. The van der Waals surface area contributed by atoms with E-state index in [1.165, 1.54) is 0 Å². The summed E-state index contributed by atoms with van der Waals surface area (Å²) in [7, 11) is 3.35. The number of amides is 1. The first-order valence-electron chi connectivity index (χ1n) is 8.15. The summed E-state index contributed by atoms with van der Waals surface area (Å²) in [6.45, 7) is 5.56. The molecule has 0 radical (unpaired) electrons. The molecule has 0 fully saturated rings. The van der Waals surface area contributed by atoms with E-state index in [2.05, 4.69) is 6.92 Å². The van der Waals surface area contributed by atoms with Crippen LogP contribution in [-0.2, 0) is 14.3 Å². The summed E-state index contributed by atoms with van der Waals surface area (Å²) in [4.78, 5) is 14.3. The molecule has 0 bridgehead atoms. The first-order chi connectivity index (χ1) is 10.2. The third-order valence-corrected chi connectivity index (χ3v) is 3.73. The second kappa shape index (κ2) is 14.3. The van der Waals surface area contributed by atoms with E-state index in [-0.39, 0.29) is 5.91 Å². The minimum absolute atomic E-state index is 0.223. The summed E-state index contributed by atoms with van der Waals surface area (Å²) < 4.78 is 10.1. The van der Waals surface area contributed by atoms with Crippen LogP contribution < -0.4 is 5.73 Å². The number of carbonyl (C=O) groups excluding carboxylic acids is 1. The lowest BCUT2D eigenvalue weighted by Crippen LogP contribution is -2.35. The minimum atomic E-state index is 0.223. The Morgan fingerprint density at radius 3 is 2.38 bits per heavy atom. The Labute approximate surface area is 130 Å². The molecule has 0 aliphatic heterocycles. The molecule has 0 heterocycles. The summed E-state index contributed by atoms with van der Waals surface area (Å²) >= 11 is 0. The molecule has 5 nitrogen and oxygen atoms in total. The van der Waals surface area contributed by atoms with Gasteiger partial charge in [0.15, 0.2) is 0 Å². The van der Waals surface area contributed by atoms with Crippen molar-refractivity contribution in [1.82, 2.24) is 4.90 Å². The smallest absolute Gasteiger partial charge is 0.222 e. The maximum atomic E-state index is 12.4. The van der Waals surface area contributed by atoms with Gasteiger partial charge in [-0.2, -0.15) is 0 Å². The first-order valence-corrected chi connectivity index (χ1v) is 8.15. The van der Waals surface area contributed by atoms with Crippen LogP contribution in [0.15, 0.2) is 0 Å². The van der Waals surface area contributed by atoms with Gasteiger partial charge >= 0.3 is 0 Å². The molecule has 0 aromatic carbocycles. The van der Waals surface area contributed by atoms with Crippen molar-refractivity contribution in [2.24, 2.45) is 11.7 Å². The van der Waals surface area contributed by atoms with Crippen LogP contribution in [0, 0.1) is 5.92 Å². The largest absolute Gasteiger partial charge is 0.385 e. The van der Waals surface area contributed by atoms with Crippen molar-refractivity contribution < 1.29 is 14.3 Å². The van der Waals surface area contributed by atoms with Crippen LogP contribution in [0.1, 0.15) is 45.4 Å². The first kappa shape index (κ1) is 20.3. The molecular weight excluding hydrogens is 268 g/mol. The monoisotopic (exact) mass is 302 g/mol. The summed E-state index contributed by atoms with van der Waals surface area (Å²) in [5.74, 6) is 0.800. The van der Waals surface area contributed by atoms with Crippen LogP contribution >= 0.6 is 0 Å². The van der Waals surface area contributed by atoms with Gasteiger partial charge in [0.25, 0.3) is 0 Å². The zero-order chi connectivity index (χ0) is 15.9. The molecule has 0 rings (SSSR count). The number of ether oxygens (including phenoxy) is 2. The second-order valence-electron chi connectivity index (χ2n) is 5.49. The zero-order valence-corrected chi connectivity index (χ0v) is 14.1. The standard InChI is InChI=1S/C16H34N2O3/c1-4-6-15(9-10-17)7-8-16(19)18(12-14-21-3)11-5-13-20-2/h15H,4-14,17H2,1-3H3. The summed E-state index contributed by atoms with van der Waals surface area (Å²) in [6.07, 6.45) is 5.75. The van der Waals surface area contributed by atoms with Crippen molar-refractivity contribution in [1.29, 1.82) is 0 Å². The second-order valence-corrected chi connectivity index (χ2v) is 5.49. The molecule has 1 unspecified atom stereocenters. The number of carbonyl (C=O) groups is 1. The van der Waals surface area contributed by atoms with Crippen LogP contribution in [0.3, 0.4) is 0 Å². The lowest BCUT2D eigenvalue weighted by molar-refractivity contribution is -0.132. The van der Waals surface area contributed by atoms with Gasteiger partial charge in [-0.05, 0) is 31.7 Å². The van der Waals surface area contributed by atoms with Gasteiger partial charge < -0.3 is 20.1 Å². The summed E-state index contributed by atoms with van der Waals surface area (Å²) in [6, 6.07) is 0. The maximum absolute atomic E-state index is 12.4. The van der Waals surface area contributed by atoms with E-state index in [1.54, 1.807) is 14.2 Å². The van der Waals surface area contributed by atoms with Crippen molar-refractivity contribution in [2.45, 2.75) is 45.4 Å².